The van der Waals surface area contributed by atoms with Gasteiger partial charge in [-0.25, -0.2) is 0 Å². The Balaban J connectivity index is 2.30. The Kier molecular flexibility index (Phi) is 5.79. The van der Waals surface area contributed by atoms with Gasteiger partial charge in [-0.2, -0.15) is 24.5 Å². The first-order chi connectivity index (χ1) is 10.9. The van der Waals surface area contributed by atoms with Crippen LogP contribution < -0.4 is 0 Å². The van der Waals surface area contributed by atoms with Crippen LogP contribution in [0.1, 0.15) is 21.5 Å². The summed E-state index contributed by atoms with van der Waals surface area (Å²) in [5.41, 5.74) is -0.381. The van der Waals surface area contributed by atoms with E-state index in [-0.39, 0.29) is 25.3 Å². The average Bonchev–Trinajstić information content (AvgIpc) is 3.03. The fraction of sp³-hybridized carbons (Fsp3) is 0.312. The fourth-order valence-electron chi connectivity index (χ4n) is 2.14. The highest BCUT2D eigenvalue weighted by molar-refractivity contribution is 7.07. The van der Waals surface area contributed by atoms with Gasteiger partial charge in [0.25, 0.3) is 5.91 Å². The summed E-state index contributed by atoms with van der Waals surface area (Å²) in [6.45, 7) is 0.722. The molecule has 1 amide bonds. The Labute approximate surface area is 136 Å². The van der Waals surface area contributed by atoms with Crippen molar-refractivity contribution in [1.82, 2.24) is 4.90 Å². The number of hydrogen-bond donors (Lipinski definition) is 0. The van der Waals surface area contributed by atoms with Gasteiger partial charge in [0.2, 0.25) is 0 Å². The third kappa shape index (κ3) is 4.56. The van der Waals surface area contributed by atoms with E-state index in [2.05, 4.69) is 0 Å². The summed E-state index contributed by atoms with van der Waals surface area (Å²) >= 11 is 1.47. The Hall–Kier alpha value is -1.86. The van der Waals surface area contributed by atoms with Gasteiger partial charge in [0.05, 0.1) is 17.7 Å². The summed E-state index contributed by atoms with van der Waals surface area (Å²) in [5.74, 6) is -0.652. The summed E-state index contributed by atoms with van der Waals surface area (Å²) in [6, 6.07) is 6.68. The van der Waals surface area contributed by atoms with Crippen molar-refractivity contribution < 1.29 is 22.7 Å². The summed E-state index contributed by atoms with van der Waals surface area (Å²) < 4.78 is 44.3. The number of carbonyl (C=O) groups excluding carboxylic acids is 1. The number of halogens is 3. The third-order valence-corrected chi connectivity index (χ3v) is 4.00. The molecule has 0 saturated carbocycles. The summed E-state index contributed by atoms with van der Waals surface area (Å²) in [6.07, 6.45) is -4.57. The molecular weight excluding hydrogens is 327 g/mol. The van der Waals surface area contributed by atoms with Crippen LogP contribution in [0.15, 0.2) is 41.1 Å². The zero-order chi connectivity index (χ0) is 16.9. The predicted molar refractivity (Wildman–Crippen MR) is 82.4 cm³/mol. The van der Waals surface area contributed by atoms with Gasteiger partial charge in [0.1, 0.15) is 0 Å². The number of ether oxygens (including phenoxy) is 1. The Morgan fingerprint density at radius 1 is 1.26 bits per heavy atom. The smallest absolute Gasteiger partial charge is 0.383 e. The lowest BCUT2D eigenvalue weighted by atomic mass is 10.1. The van der Waals surface area contributed by atoms with E-state index in [1.165, 1.54) is 41.5 Å². The van der Waals surface area contributed by atoms with Crippen LogP contribution in [0, 0.1) is 0 Å². The maximum atomic E-state index is 13.1. The van der Waals surface area contributed by atoms with E-state index in [4.69, 9.17) is 4.74 Å². The molecule has 0 aliphatic carbocycles. The van der Waals surface area contributed by atoms with Crippen molar-refractivity contribution in [2.75, 3.05) is 20.3 Å². The maximum absolute atomic E-state index is 13.1. The highest BCUT2D eigenvalue weighted by Gasteiger charge is 2.35. The SMILES string of the molecule is COCCN(Cc1ccsc1)C(=O)c1ccccc1C(F)(F)F. The third-order valence-electron chi connectivity index (χ3n) is 3.27. The maximum Gasteiger partial charge on any atom is 0.417 e. The standard InChI is InChI=1S/C16H16F3NO2S/c1-22-8-7-20(10-12-6-9-23-11-12)15(21)13-4-2-3-5-14(13)16(17,18)19/h2-6,9,11H,7-8,10H2,1H3. The number of rotatable bonds is 6. The zero-order valence-electron chi connectivity index (χ0n) is 12.5. The lowest BCUT2D eigenvalue weighted by molar-refractivity contribution is -0.138. The molecule has 0 fully saturated rings. The summed E-state index contributed by atoms with van der Waals surface area (Å²) in [5, 5.41) is 3.72. The van der Waals surface area contributed by atoms with E-state index in [0.29, 0.717) is 0 Å². The van der Waals surface area contributed by atoms with Gasteiger partial charge in [-0.1, -0.05) is 12.1 Å². The number of amides is 1. The molecule has 124 valence electrons. The second-order valence-electron chi connectivity index (χ2n) is 4.89. The monoisotopic (exact) mass is 343 g/mol. The Morgan fingerprint density at radius 3 is 2.61 bits per heavy atom. The van der Waals surface area contributed by atoms with Crippen LogP contribution in [0.2, 0.25) is 0 Å². The second kappa shape index (κ2) is 7.61. The van der Waals surface area contributed by atoms with Crippen LogP contribution in [0.5, 0.6) is 0 Å². The number of carbonyl (C=O) groups is 1. The molecule has 0 N–H and O–H groups in total. The Bertz CT molecular complexity index is 641. The molecule has 0 bridgehead atoms. The van der Waals surface area contributed by atoms with Gasteiger partial charge < -0.3 is 9.64 Å². The molecule has 1 heterocycles. The quantitative estimate of drug-likeness (QED) is 0.792. The molecular formula is C16H16F3NO2S. The van der Waals surface area contributed by atoms with Crippen molar-refractivity contribution in [1.29, 1.82) is 0 Å². The first-order valence-electron chi connectivity index (χ1n) is 6.89. The normalized spacial score (nSPS) is 11.5. The second-order valence-corrected chi connectivity index (χ2v) is 5.67. The summed E-state index contributed by atoms with van der Waals surface area (Å²) in [7, 11) is 1.48. The van der Waals surface area contributed by atoms with Gasteiger partial charge in [-0.15, -0.1) is 0 Å². The predicted octanol–water partition coefficient (Wildman–Crippen LogP) is 4.06. The van der Waals surface area contributed by atoms with Gasteiger partial charge >= 0.3 is 6.18 Å². The highest BCUT2D eigenvalue weighted by atomic mass is 32.1. The lowest BCUT2D eigenvalue weighted by Crippen LogP contribution is -2.34. The van der Waals surface area contributed by atoms with Gasteiger partial charge in [0, 0.05) is 20.2 Å². The van der Waals surface area contributed by atoms with E-state index in [1.54, 1.807) is 0 Å². The van der Waals surface area contributed by atoms with Crippen molar-refractivity contribution in [2.24, 2.45) is 0 Å². The molecule has 0 saturated heterocycles. The number of thiophene rings is 1. The minimum Gasteiger partial charge on any atom is -0.383 e. The molecule has 2 aromatic rings. The van der Waals surface area contributed by atoms with Crippen molar-refractivity contribution in [3.63, 3.8) is 0 Å². The molecule has 1 aromatic carbocycles. The lowest BCUT2D eigenvalue weighted by Gasteiger charge is -2.23. The molecule has 0 aliphatic heterocycles. The number of methoxy groups -OCH3 is 1. The molecule has 7 heteroatoms. The number of benzene rings is 1. The average molecular weight is 343 g/mol. The van der Waals surface area contributed by atoms with Gasteiger partial charge in [-0.3, -0.25) is 4.79 Å². The van der Waals surface area contributed by atoms with Gasteiger partial charge in [-0.05, 0) is 34.5 Å². The molecule has 0 unspecified atom stereocenters. The van der Waals surface area contributed by atoms with Crippen LogP contribution in [0.25, 0.3) is 0 Å². The van der Waals surface area contributed by atoms with E-state index in [1.807, 2.05) is 16.8 Å². The van der Waals surface area contributed by atoms with Crippen molar-refractivity contribution in [2.45, 2.75) is 12.7 Å². The molecule has 3 nitrogen and oxygen atoms in total. The minimum absolute atomic E-state index is 0.220. The van der Waals surface area contributed by atoms with Crippen LogP contribution in [0.3, 0.4) is 0 Å². The first-order valence-corrected chi connectivity index (χ1v) is 7.83. The van der Waals surface area contributed by atoms with Crippen LogP contribution in [0.4, 0.5) is 13.2 Å². The number of hydrogen-bond acceptors (Lipinski definition) is 3. The van der Waals surface area contributed by atoms with E-state index in [9.17, 15) is 18.0 Å². The van der Waals surface area contributed by atoms with Crippen LogP contribution in [-0.4, -0.2) is 31.1 Å². The topological polar surface area (TPSA) is 29.5 Å². The molecule has 23 heavy (non-hydrogen) atoms. The Morgan fingerprint density at radius 2 is 2.00 bits per heavy atom. The number of nitrogens with zero attached hydrogens (tertiary/aromatic N) is 1. The minimum atomic E-state index is -4.57. The van der Waals surface area contributed by atoms with Gasteiger partial charge in [0.15, 0.2) is 0 Å². The fourth-order valence-corrected chi connectivity index (χ4v) is 2.80. The molecule has 0 radical (unpaired) electrons. The molecule has 0 atom stereocenters. The van der Waals surface area contributed by atoms with Crippen LogP contribution >= 0.6 is 11.3 Å². The summed E-state index contributed by atoms with van der Waals surface area (Å²) in [4.78, 5) is 14.0. The van der Waals surface area contributed by atoms with Crippen LogP contribution in [-0.2, 0) is 17.5 Å². The molecule has 0 spiro atoms. The van der Waals surface area contributed by atoms with Crippen molar-refractivity contribution in [3.8, 4) is 0 Å². The first kappa shape index (κ1) is 17.5. The zero-order valence-corrected chi connectivity index (χ0v) is 13.3. The highest BCUT2D eigenvalue weighted by Crippen LogP contribution is 2.32. The van der Waals surface area contributed by atoms with E-state index < -0.39 is 17.6 Å². The largest absolute Gasteiger partial charge is 0.417 e. The molecule has 0 aliphatic rings. The van der Waals surface area contributed by atoms with Crippen molar-refractivity contribution >= 4 is 17.2 Å². The van der Waals surface area contributed by atoms with Crippen molar-refractivity contribution in [3.05, 3.63) is 57.8 Å². The van der Waals surface area contributed by atoms with E-state index in [0.717, 1.165) is 11.6 Å². The number of alkyl halides is 3. The molecule has 1 aromatic heterocycles. The molecule has 2 rings (SSSR count). The van der Waals surface area contributed by atoms with E-state index >= 15 is 0 Å².